The highest BCUT2D eigenvalue weighted by Gasteiger charge is 2.39. The van der Waals surface area contributed by atoms with E-state index in [9.17, 15) is 9.59 Å². The van der Waals surface area contributed by atoms with E-state index in [4.69, 9.17) is 0 Å². The van der Waals surface area contributed by atoms with E-state index in [0.29, 0.717) is 24.2 Å². The van der Waals surface area contributed by atoms with Crippen molar-refractivity contribution < 1.29 is 9.59 Å². The van der Waals surface area contributed by atoms with Crippen molar-refractivity contribution in [3.63, 3.8) is 0 Å². The van der Waals surface area contributed by atoms with Crippen LogP contribution < -0.4 is 4.90 Å². The Kier molecular flexibility index (Phi) is 4.21. The lowest BCUT2D eigenvalue weighted by molar-refractivity contribution is -0.114. The topological polar surface area (TPSA) is 40.6 Å². The first kappa shape index (κ1) is 16.5. The molecule has 1 atom stereocenters. The molecule has 0 unspecified atom stereocenters. The third-order valence-electron chi connectivity index (χ3n) is 5.22. The van der Waals surface area contributed by atoms with Crippen molar-refractivity contribution in [2.45, 2.75) is 38.6 Å². The zero-order chi connectivity index (χ0) is 17.6. The Morgan fingerprint density at radius 3 is 2.80 bits per heavy atom. The van der Waals surface area contributed by atoms with Gasteiger partial charge in [0.15, 0.2) is 0 Å². The molecule has 1 amide bonds. The maximum Gasteiger partial charge on any atom is 0.300 e. The number of amides is 1. The summed E-state index contributed by atoms with van der Waals surface area (Å²) in [5, 5.41) is 2.10. The van der Waals surface area contributed by atoms with Crippen LogP contribution in [0.1, 0.15) is 59.4 Å². The monoisotopic (exact) mass is 354 g/mol. The first-order valence-corrected chi connectivity index (χ1v) is 9.72. The van der Waals surface area contributed by atoms with Crippen molar-refractivity contribution in [3.05, 3.63) is 51.7 Å². The number of hydrogen-bond acceptors (Lipinski definition) is 4. The molecule has 4 nitrogen and oxygen atoms in total. The zero-order valence-corrected chi connectivity index (χ0v) is 15.4. The second-order valence-electron chi connectivity index (χ2n) is 7.12. The number of Topliss-reactive ketones (excluding diaryl/α,β-unsaturated/α-hetero) is 1. The molecule has 2 aromatic rings. The number of fused-ring (bicyclic) bond motifs is 1. The van der Waals surface area contributed by atoms with Gasteiger partial charge in [-0.05, 0) is 47.9 Å². The first-order valence-electron chi connectivity index (χ1n) is 8.84. The lowest BCUT2D eigenvalue weighted by atomic mass is 9.99. The Labute approximate surface area is 152 Å². The Balaban J connectivity index is 1.61. The fourth-order valence-electron chi connectivity index (χ4n) is 3.80. The normalized spacial score (nSPS) is 20.8. The predicted octanol–water partition coefficient (Wildman–Crippen LogP) is 4.20. The summed E-state index contributed by atoms with van der Waals surface area (Å²) in [4.78, 5) is 30.4. The molecule has 0 radical (unpaired) electrons. The highest BCUT2D eigenvalue weighted by molar-refractivity contribution is 7.10. The molecule has 4 rings (SSSR count). The Morgan fingerprint density at radius 2 is 2.08 bits per heavy atom. The van der Waals surface area contributed by atoms with E-state index in [0.717, 1.165) is 30.6 Å². The van der Waals surface area contributed by atoms with Crippen LogP contribution in [0, 0.1) is 0 Å². The van der Waals surface area contributed by atoms with Crippen molar-refractivity contribution in [3.8, 4) is 0 Å². The number of ketones is 1. The molecule has 0 N–H and O–H groups in total. The molecule has 25 heavy (non-hydrogen) atoms. The van der Waals surface area contributed by atoms with E-state index >= 15 is 0 Å². The minimum Gasteiger partial charge on any atom is -0.291 e. The van der Waals surface area contributed by atoms with Crippen LogP contribution in [-0.4, -0.2) is 29.8 Å². The summed E-state index contributed by atoms with van der Waals surface area (Å²) < 4.78 is 0. The second kappa shape index (κ2) is 6.39. The van der Waals surface area contributed by atoms with E-state index in [1.54, 1.807) is 16.2 Å². The SMILES string of the molecule is CC(C)c1ccc2c(c1)C(=O)C(=O)N2CN1CCC[C@@H]1c1cccs1. The van der Waals surface area contributed by atoms with Gasteiger partial charge in [-0.3, -0.25) is 19.4 Å². The van der Waals surface area contributed by atoms with Crippen LogP contribution in [-0.2, 0) is 4.79 Å². The zero-order valence-electron chi connectivity index (χ0n) is 14.6. The fourth-order valence-corrected chi connectivity index (χ4v) is 4.69. The molecule has 0 spiro atoms. The maximum atomic E-state index is 12.6. The number of thiophene rings is 1. The minimum absolute atomic E-state index is 0.337. The molecule has 2 aliphatic heterocycles. The number of rotatable bonds is 4. The molecule has 3 heterocycles. The third-order valence-corrected chi connectivity index (χ3v) is 6.19. The number of hydrogen-bond donors (Lipinski definition) is 0. The molecular weight excluding hydrogens is 332 g/mol. The van der Waals surface area contributed by atoms with Crippen LogP contribution >= 0.6 is 11.3 Å². The van der Waals surface area contributed by atoms with Crippen LogP contribution in [0.2, 0.25) is 0 Å². The molecule has 1 aromatic carbocycles. The van der Waals surface area contributed by atoms with E-state index in [1.807, 2.05) is 18.2 Å². The smallest absolute Gasteiger partial charge is 0.291 e. The highest BCUT2D eigenvalue weighted by Crippen LogP contribution is 2.37. The third kappa shape index (κ3) is 2.81. The summed E-state index contributed by atoms with van der Waals surface area (Å²) in [5.74, 6) is -0.429. The largest absolute Gasteiger partial charge is 0.300 e. The molecule has 0 aliphatic carbocycles. The van der Waals surface area contributed by atoms with Crippen LogP contribution in [0.3, 0.4) is 0 Å². The summed E-state index contributed by atoms with van der Waals surface area (Å²) in [7, 11) is 0. The molecule has 1 saturated heterocycles. The minimum atomic E-state index is -0.396. The summed E-state index contributed by atoms with van der Waals surface area (Å²) in [6, 6.07) is 10.4. The Bertz CT molecular complexity index is 813. The number of nitrogens with zero attached hydrogens (tertiary/aromatic N) is 2. The molecular formula is C20H22N2O2S. The molecule has 0 saturated carbocycles. The van der Waals surface area contributed by atoms with Gasteiger partial charge in [0, 0.05) is 17.5 Å². The quantitative estimate of drug-likeness (QED) is 0.773. The number of carbonyl (C=O) groups is 2. The van der Waals surface area contributed by atoms with Gasteiger partial charge in [0.1, 0.15) is 0 Å². The number of likely N-dealkylation sites (tertiary alicyclic amines) is 1. The number of anilines is 1. The van der Waals surface area contributed by atoms with Crippen LogP contribution in [0.4, 0.5) is 5.69 Å². The van der Waals surface area contributed by atoms with Gasteiger partial charge in [0.2, 0.25) is 0 Å². The van der Waals surface area contributed by atoms with Gasteiger partial charge in [-0.2, -0.15) is 0 Å². The number of carbonyl (C=O) groups excluding carboxylic acids is 2. The van der Waals surface area contributed by atoms with E-state index in [1.165, 1.54) is 4.88 Å². The van der Waals surface area contributed by atoms with Crippen molar-refractivity contribution in [1.82, 2.24) is 4.90 Å². The molecule has 0 bridgehead atoms. The Hall–Kier alpha value is -1.98. The first-order chi connectivity index (χ1) is 12.1. The standard InChI is InChI=1S/C20H22N2O2S/c1-13(2)14-7-8-16-15(11-14)19(23)20(24)22(16)12-21-9-3-5-17(21)18-6-4-10-25-18/h4,6-8,10-11,13,17H,3,5,9,12H2,1-2H3/t17-/m1/s1. The van der Waals surface area contributed by atoms with E-state index < -0.39 is 5.91 Å². The summed E-state index contributed by atoms with van der Waals surface area (Å²) in [6.45, 7) is 5.63. The summed E-state index contributed by atoms with van der Waals surface area (Å²) >= 11 is 1.76. The van der Waals surface area contributed by atoms with Gasteiger partial charge >= 0.3 is 5.91 Å². The van der Waals surface area contributed by atoms with Crippen molar-refractivity contribution in [2.75, 3.05) is 18.1 Å². The highest BCUT2D eigenvalue weighted by atomic mass is 32.1. The lowest BCUT2D eigenvalue weighted by Crippen LogP contribution is -2.40. The average Bonchev–Trinajstić information content (AvgIpc) is 3.32. The summed E-state index contributed by atoms with van der Waals surface area (Å²) in [6.07, 6.45) is 2.23. The van der Waals surface area contributed by atoms with Gasteiger partial charge in [-0.25, -0.2) is 0 Å². The van der Waals surface area contributed by atoms with Crippen molar-refractivity contribution in [2.24, 2.45) is 0 Å². The summed E-state index contributed by atoms with van der Waals surface area (Å²) in [5.41, 5.74) is 2.42. The lowest BCUT2D eigenvalue weighted by Gasteiger charge is -2.28. The number of benzene rings is 1. The molecule has 2 aliphatic rings. The molecule has 5 heteroatoms. The van der Waals surface area contributed by atoms with Crippen molar-refractivity contribution in [1.29, 1.82) is 0 Å². The van der Waals surface area contributed by atoms with Crippen LogP contribution in [0.15, 0.2) is 35.7 Å². The van der Waals surface area contributed by atoms with Gasteiger partial charge in [0.25, 0.3) is 5.78 Å². The van der Waals surface area contributed by atoms with Crippen LogP contribution in [0.5, 0.6) is 0 Å². The molecule has 130 valence electrons. The maximum absolute atomic E-state index is 12.6. The van der Waals surface area contributed by atoms with E-state index in [-0.39, 0.29) is 5.78 Å². The van der Waals surface area contributed by atoms with Gasteiger partial charge < -0.3 is 0 Å². The fraction of sp³-hybridized carbons (Fsp3) is 0.400. The Morgan fingerprint density at radius 1 is 1.24 bits per heavy atom. The van der Waals surface area contributed by atoms with Gasteiger partial charge in [-0.15, -0.1) is 11.3 Å². The molecule has 1 aromatic heterocycles. The van der Waals surface area contributed by atoms with Crippen molar-refractivity contribution >= 4 is 28.7 Å². The predicted molar refractivity (Wildman–Crippen MR) is 100 cm³/mol. The second-order valence-corrected chi connectivity index (χ2v) is 8.10. The average molecular weight is 354 g/mol. The van der Waals surface area contributed by atoms with Gasteiger partial charge in [-0.1, -0.05) is 26.0 Å². The van der Waals surface area contributed by atoms with Crippen LogP contribution in [0.25, 0.3) is 0 Å². The van der Waals surface area contributed by atoms with E-state index in [2.05, 4.69) is 36.3 Å². The molecule has 1 fully saturated rings. The van der Waals surface area contributed by atoms with Gasteiger partial charge in [0.05, 0.1) is 17.9 Å².